The van der Waals surface area contributed by atoms with Crippen molar-refractivity contribution in [3.8, 4) is 0 Å². The first-order valence-electron chi connectivity index (χ1n) is 4.39. The number of rotatable bonds is 3. The largest absolute Gasteiger partial charge is 0.382 e. The van der Waals surface area contributed by atoms with E-state index in [1.165, 1.54) is 11.2 Å². The normalized spacial score (nSPS) is 10.4. The second-order valence-corrected chi connectivity index (χ2v) is 5.30. The minimum Gasteiger partial charge on any atom is -0.382 e. The van der Waals surface area contributed by atoms with Crippen LogP contribution < -0.4 is 11.1 Å². The third-order valence-corrected chi connectivity index (χ3v) is 3.94. The molecule has 0 unspecified atom stereocenters. The first kappa shape index (κ1) is 11.6. The lowest BCUT2D eigenvalue weighted by Crippen LogP contribution is -2.03. The molecule has 0 aromatic carbocycles. The number of thiophene rings is 1. The molecule has 0 fully saturated rings. The lowest BCUT2D eigenvalue weighted by atomic mass is 10.4. The lowest BCUT2D eigenvalue weighted by Gasteiger charge is -2.06. The van der Waals surface area contributed by atoms with E-state index in [0.29, 0.717) is 17.4 Å². The van der Waals surface area contributed by atoms with Crippen LogP contribution >= 0.6 is 38.9 Å². The summed E-state index contributed by atoms with van der Waals surface area (Å²) in [5.41, 5.74) is 5.57. The van der Waals surface area contributed by atoms with Crippen LogP contribution in [0.25, 0.3) is 0 Å². The van der Waals surface area contributed by atoms with Crippen LogP contribution in [0, 0.1) is 0 Å². The molecular formula is C9H8BrClN4S. The van der Waals surface area contributed by atoms with Crippen molar-refractivity contribution >= 4 is 50.5 Å². The molecule has 0 bridgehead atoms. The quantitative estimate of drug-likeness (QED) is 0.912. The average Bonchev–Trinajstić information content (AvgIpc) is 2.67. The Hall–Kier alpha value is -0.850. The van der Waals surface area contributed by atoms with Gasteiger partial charge in [0.05, 0.1) is 6.54 Å². The maximum absolute atomic E-state index is 5.95. The highest BCUT2D eigenvalue weighted by Crippen LogP contribution is 2.25. The van der Waals surface area contributed by atoms with Gasteiger partial charge in [-0.2, -0.15) is 0 Å². The Kier molecular flexibility index (Phi) is 3.63. The monoisotopic (exact) mass is 318 g/mol. The number of aromatic nitrogens is 2. The molecule has 2 aromatic heterocycles. The summed E-state index contributed by atoms with van der Waals surface area (Å²) in [5, 5.41) is 5.49. The maximum atomic E-state index is 5.95. The topological polar surface area (TPSA) is 63.8 Å². The molecular weight excluding hydrogens is 312 g/mol. The standard InChI is InChI=1S/C9H8BrClN4S/c10-5-1-6(16-3-5)2-13-9-7(11)8(12)14-4-15-9/h1,3-4H,2H2,(H3,12,13,14,15). The average molecular weight is 320 g/mol. The molecule has 0 saturated heterocycles. The van der Waals surface area contributed by atoms with E-state index in [0.717, 1.165) is 4.47 Å². The fourth-order valence-electron chi connectivity index (χ4n) is 1.12. The van der Waals surface area contributed by atoms with Crippen molar-refractivity contribution in [2.24, 2.45) is 0 Å². The zero-order valence-corrected chi connectivity index (χ0v) is 11.2. The van der Waals surface area contributed by atoms with Gasteiger partial charge in [0, 0.05) is 14.7 Å². The van der Waals surface area contributed by atoms with Crippen LogP contribution in [0.5, 0.6) is 0 Å². The van der Waals surface area contributed by atoms with Crippen molar-refractivity contribution in [3.05, 3.63) is 32.1 Å². The van der Waals surface area contributed by atoms with E-state index in [1.807, 2.05) is 11.4 Å². The first-order valence-corrected chi connectivity index (χ1v) is 6.44. The van der Waals surface area contributed by atoms with Crippen LogP contribution in [0.15, 0.2) is 22.2 Å². The number of nitrogens with zero attached hydrogens (tertiary/aromatic N) is 2. The first-order chi connectivity index (χ1) is 7.66. The molecule has 0 aliphatic carbocycles. The van der Waals surface area contributed by atoms with Gasteiger partial charge >= 0.3 is 0 Å². The maximum Gasteiger partial charge on any atom is 0.150 e. The molecule has 0 spiro atoms. The van der Waals surface area contributed by atoms with Gasteiger partial charge in [-0.1, -0.05) is 11.6 Å². The summed E-state index contributed by atoms with van der Waals surface area (Å²) < 4.78 is 1.07. The van der Waals surface area contributed by atoms with Crippen LogP contribution in [-0.4, -0.2) is 9.97 Å². The van der Waals surface area contributed by atoms with Crippen molar-refractivity contribution in [3.63, 3.8) is 0 Å². The molecule has 2 aromatic rings. The summed E-state index contributed by atoms with van der Waals surface area (Å²) >= 11 is 11.0. The smallest absolute Gasteiger partial charge is 0.150 e. The highest BCUT2D eigenvalue weighted by Gasteiger charge is 2.06. The van der Waals surface area contributed by atoms with Gasteiger partial charge in [-0.25, -0.2) is 9.97 Å². The third kappa shape index (κ3) is 2.63. The van der Waals surface area contributed by atoms with Crippen LogP contribution in [0.2, 0.25) is 5.02 Å². The molecule has 0 saturated carbocycles. The predicted octanol–water partition coefficient (Wildman–Crippen LogP) is 3.15. The van der Waals surface area contributed by atoms with Crippen LogP contribution in [0.3, 0.4) is 0 Å². The molecule has 2 rings (SSSR count). The molecule has 0 radical (unpaired) electrons. The Labute approximate surface area is 110 Å². The van der Waals surface area contributed by atoms with Crippen LogP contribution in [-0.2, 0) is 6.54 Å². The van der Waals surface area contributed by atoms with Crippen molar-refractivity contribution in [2.75, 3.05) is 11.1 Å². The van der Waals surface area contributed by atoms with E-state index in [-0.39, 0.29) is 5.82 Å². The summed E-state index contributed by atoms with van der Waals surface area (Å²) in [5.74, 6) is 0.838. The minimum atomic E-state index is 0.284. The molecule has 0 aliphatic heterocycles. The van der Waals surface area contributed by atoms with Gasteiger partial charge < -0.3 is 11.1 Å². The van der Waals surface area contributed by atoms with E-state index in [1.54, 1.807) is 11.3 Å². The Morgan fingerprint density at radius 2 is 2.31 bits per heavy atom. The van der Waals surface area contributed by atoms with E-state index in [9.17, 15) is 0 Å². The van der Waals surface area contributed by atoms with Gasteiger partial charge in [-0.3, -0.25) is 0 Å². The molecule has 2 heterocycles. The number of nitrogens with one attached hydrogen (secondary N) is 1. The van der Waals surface area contributed by atoms with Gasteiger partial charge in [0.15, 0.2) is 5.82 Å². The fraction of sp³-hybridized carbons (Fsp3) is 0.111. The molecule has 3 N–H and O–H groups in total. The minimum absolute atomic E-state index is 0.284. The highest BCUT2D eigenvalue weighted by atomic mass is 79.9. The van der Waals surface area contributed by atoms with Crippen LogP contribution in [0.4, 0.5) is 11.6 Å². The van der Waals surface area contributed by atoms with Crippen molar-refractivity contribution in [1.29, 1.82) is 0 Å². The zero-order valence-electron chi connectivity index (χ0n) is 8.08. The van der Waals surface area contributed by atoms with E-state index in [2.05, 4.69) is 31.2 Å². The van der Waals surface area contributed by atoms with Gasteiger partial charge in [0.1, 0.15) is 17.2 Å². The summed E-state index contributed by atoms with van der Waals surface area (Å²) in [4.78, 5) is 8.99. The number of nitrogens with two attached hydrogens (primary N) is 1. The second kappa shape index (κ2) is 4.99. The number of halogens is 2. The van der Waals surface area contributed by atoms with Crippen molar-refractivity contribution in [1.82, 2.24) is 9.97 Å². The van der Waals surface area contributed by atoms with Crippen LogP contribution in [0.1, 0.15) is 4.88 Å². The Bertz CT molecular complexity index is 502. The molecule has 16 heavy (non-hydrogen) atoms. The molecule has 7 heteroatoms. The summed E-state index contributed by atoms with van der Waals surface area (Å²) in [6.07, 6.45) is 1.38. The summed E-state index contributed by atoms with van der Waals surface area (Å²) in [6, 6.07) is 2.04. The van der Waals surface area contributed by atoms with Gasteiger partial charge in [0.25, 0.3) is 0 Å². The van der Waals surface area contributed by atoms with Crippen molar-refractivity contribution in [2.45, 2.75) is 6.54 Å². The molecule has 0 aliphatic rings. The van der Waals surface area contributed by atoms with Gasteiger partial charge in [-0.05, 0) is 22.0 Å². The fourth-order valence-corrected chi connectivity index (χ4v) is 2.68. The van der Waals surface area contributed by atoms with E-state index < -0.39 is 0 Å². The van der Waals surface area contributed by atoms with E-state index in [4.69, 9.17) is 17.3 Å². The molecule has 84 valence electrons. The SMILES string of the molecule is Nc1ncnc(NCc2cc(Br)cs2)c1Cl. The number of anilines is 2. The van der Waals surface area contributed by atoms with Crippen molar-refractivity contribution < 1.29 is 0 Å². The third-order valence-electron chi connectivity index (χ3n) is 1.87. The molecule has 4 nitrogen and oxygen atoms in total. The molecule has 0 amide bonds. The number of hydrogen-bond donors (Lipinski definition) is 2. The second-order valence-electron chi connectivity index (χ2n) is 3.01. The lowest BCUT2D eigenvalue weighted by molar-refractivity contribution is 1.10. The summed E-state index contributed by atoms with van der Waals surface area (Å²) in [7, 11) is 0. The van der Waals surface area contributed by atoms with Gasteiger partial charge in [0.2, 0.25) is 0 Å². The van der Waals surface area contributed by atoms with Gasteiger partial charge in [-0.15, -0.1) is 11.3 Å². The Morgan fingerprint density at radius 1 is 1.50 bits per heavy atom. The molecule has 0 atom stereocenters. The number of nitrogen functional groups attached to an aromatic ring is 1. The number of hydrogen-bond acceptors (Lipinski definition) is 5. The summed E-state index contributed by atoms with van der Waals surface area (Å²) in [6.45, 7) is 0.659. The zero-order chi connectivity index (χ0) is 11.5. The predicted molar refractivity (Wildman–Crippen MR) is 70.8 cm³/mol. The van der Waals surface area contributed by atoms with E-state index >= 15 is 0 Å². The Balaban J connectivity index is 2.07. The highest BCUT2D eigenvalue weighted by molar-refractivity contribution is 9.10. The Morgan fingerprint density at radius 3 is 3.00 bits per heavy atom.